The molecule has 3 nitrogen and oxygen atoms in total. The molecule has 0 heterocycles. The minimum atomic E-state index is -0.0516. The molecule has 0 spiro atoms. The third-order valence-corrected chi connectivity index (χ3v) is 3.71. The summed E-state index contributed by atoms with van der Waals surface area (Å²) < 4.78 is 11.3. The molecular weight excluding hydrogens is 238 g/mol. The molecule has 114 valence electrons. The van der Waals surface area contributed by atoms with Crippen molar-refractivity contribution < 1.29 is 9.47 Å². The van der Waals surface area contributed by atoms with Crippen molar-refractivity contribution in [3.8, 4) is 0 Å². The van der Waals surface area contributed by atoms with Gasteiger partial charge < -0.3 is 14.8 Å². The molecule has 3 heteroatoms. The molecule has 0 radical (unpaired) electrons. The lowest BCUT2D eigenvalue weighted by Crippen LogP contribution is -2.33. The molecule has 0 aliphatic heterocycles. The van der Waals surface area contributed by atoms with Crippen molar-refractivity contribution in [2.75, 3.05) is 26.4 Å². The quantitative estimate of drug-likeness (QED) is 0.652. The summed E-state index contributed by atoms with van der Waals surface area (Å²) in [6.45, 7) is 11.9. The highest BCUT2D eigenvalue weighted by Gasteiger charge is 2.25. The minimum Gasteiger partial charge on any atom is -0.379 e. The second-order valence-corrected chi connectivity index (χ2v) is 6.61. The van der Waals surface area contributed by atoms with E-state index in [4.69, 9.17) is 9.47 Å². The largest absolute Gasteiger partial charge is 0.379 e. The first-order valence-corrected chi connectivity index (χ1v) is 7.98. The normalized spacial score (nSPS) is 24.0. The van der Waals surface area contributed by atoms with Crippen molar-refractivity contribution >= 4 is 0 Å². The molecule has 0 bridgehead atoms. The summed E-state index contributed by atoms with van der Waals surface area (Å²) >= 11 is 0. The minimum absolute atomic E-state index is 0.0516. The Labute approximate surface area is 119 Å². The van der Waals surface area contributed by atoms with Gasteiger partial charge in [0, 0.05) is 12.6 Å². The molecule has 1 rings (SSSR count). The molecule has 19 heavy (non-hydrogen) atoms. The predicted octanol–water partition coefficient (Wildman–Crippen LogP) is 3.38. The second-order valence-electron chi connectivity index (χ2n) is 6.61. The average Bonchev–Trinajstić information content (AvgIpc) is 2.77. The van der Waals surface area contributed by atoms with E-state index in [1.165, 1.54) is 32.1 Å². The fourth-order valence-corrected chi connectivity index (χ4v) is 2.72. The van der Waals surface area contributed by atoms with E-state index in [1.807, 2.05) is 0 Å². The summed E-state index contributed by atoms with van der Waals surface area (Å²) in [5.74, 6) is 0.815. The van der Waals surface area contributed by atoms with Crippen molar-refractivity contribution in [1.82, 2.24) is 5.32 Å². The number of hydrogen-bond donors (Lipinski definition) is 1. The van der Waals surface area contributed by atoms with Crippen molar-refractivity contribution in [2.24, 2.45) is 5.92 Å². The van der Waals surface area contributed by atoms with E-state index in [0.29, 0.717) is 6.61 Å². The summed E-state index contributed by atoms with van der Waals surface area (Å²) in [5, 5.41) is 3.67. The monoisotopic (exact) mass is 271 g/mol. The van der Waals surface area contributed by atoms with E-state index in [9.17, 15) is 0 Å². The Morgan fingerprint density at radius 3 is 2.58 bits per heavy atom. The predicted molar refractivity (Wildman–Crippen MR) is 80.6 cm³/mol. The van der Waals surface area contributed by atoms with Crippen molar-refractivity contribution in [1.29, 1.82) is 0 Å². The summed E-state index contributed by atoms with van der Waals surface area (Å²) in [4.78, 5) is 0. The molecular formula is C16H33NO2. The van der Waals surface area contributed by atoms with Crippen LogP contribution in [0.3, 0.4) is 0 Å². The van der Waals surface area contributed by atoms with Gasteiger partial charge in [-0.15, -0.1) is 0 Å². The Morgan fingerprint density at radius 2 is 1.89 bits per heavy atom. The number of ether oxygens (including phenoxy) is 2. The van der Waals surface area contributed by atoms with Gasteiger partial charge in [0.2, 0.25) is 0 Å². The van der Waals surface area contributed by atoms with Crippen LogP contribution in [0.2, 0.25) is 0 Å². The zero-order valence-electron chi connectivity index (χ0n) is 13.3. The van der Waals surface area contributed by atoms with E-state index in [0.717, 1.165) is 31.7 Å². The Kier molecular flexibility index (Phi) is 7.96. The van der Waals surface area contributed by atoms with Crippen LogP contribution in [0.4, 0.5) is 0 Å². The van der Waals surface area contributed by atoms with Gasteiger partial charge in [0.05, 0.1) is 18.8 Å². The summed E-state index contributed by atoms with van der Waals surface area (Å²) in [7, 11) is 0. The van der Waals surface area contributed by atoms with Gasteiger partial charge in [0.15, 0.2) is 0 Å². The molecule has 1 aliphatic carbocycles. The maximum atomic E-state index is 5.69. The second kappa shape index (κ2) is 8.93. The van der Waals surface area contributed by atoms with E-state index < -0.39 is 0 Å². The van der Waals surface area contributed by atoms with Gasteiger partial charge in [-0.25, -0.2) is 0 Å². The van der Waals surface area contributed by atoms with Crippen LogP contribution < -0.4 is 5.32 Å². The fraction of sp³-hybridized carbons (Fsp3) is 1.00. The fourth-order valence-electron chi connectivity index (χ4n) is 2.72. The summed E-state index contributed by atoms with van der Waals surface area (Å²) in [5.41, 5.74) is -0.0516. The molecule has 0 amide bonds. The molecule has 1 N–H and O–H groups in total. The topological polar surface area (TPSA) is 30.5 Å². The number of rotatable bonds is 9. The number of hydrogen-bond acceptors (Lipinski definition) is 3. The van der Waals surface area contributed by atoms with Gasteiger partial charge in [0.1, 0.15) is 0 Å². The Morgan fingerprint density at radius 1 is 1.11 bits per heavy atom. The van der Waals surface area contributed by atoms with Gasteiger partial charge in [-0.05, 0) is 58.9 Å². The molecule has 2 atom stereocenters. The maximum Gasteiger partial charge on any atom is 0.0707 e. The molecule has 1 fully saturated rings. The SMILES string of the molecule is CCCNC1CCCC1CCOCCOC(C)(C)C. The average molecular weight is 271 g/mol. The van der Waals surface area contributed by atoms with Crippen LogP contribution in [-0.4, -0.2) is 38.0 Å². The van der Waals surface area contributed by atoms with Crippen LogP contribution >= 0.6 is 0 Å². The zero-order valence-corrected chi connectivity index (χ0v) is 13.3. The zero-order chi connectivity index (χ0) is 14.1. The van der Waals surface area contributed by atoms with Crippen LogP contribution in [0.25, 0.3) is 0 Å². The highest BCUT2D eigenvalue weighted by molar-refractivity contribution is 4.82. The summed E-state index contributed by atoms with van der Waals surface area (Å²) in [6, 6.07) is 0.731. The van der Waals surface area contributed by atoms with Gasteiger partial charge in [-0.2, -0.15) is 0 Å². The van der Waals surface area contributed by atoms with E-state index >= 15 is 0 Å². The highest BCUT2D eigenvalue weighted by Crippen LogP contribution is 2.28. The van der Waals surface area contributed by atoms with Gasteiger partial charge in [0.25, 0.3) is 0 Å². The summed E-state index contributed by atoms with van der Waals surface area (Å²) in [6.07, 6.45) is 6.50. The van der Waals surface area contributed by atoms with E-state index in [-0.39, 0.29) is 5.60 Å². The molecule has 0 aromatic carbocycles. The molecule has 2 unspecified atom stereocenters. The Hall–Kier alpha value is -0.120. The Balaban J connectivity index is 2.02. The lowest BCUT2D eigenvalue weighted by Gasteiger charge is -2.21. The molecule has 0 saturated heterocycles. The third kappa shape index (κ3) is 7.91. The Bertz CT molecular complexity index is 225. The lowest BCUT2D eigenvalue weighted by molar-refractivity contribution is -0.0363. The first-order valence-electron chi connectivity index (χ1n) is 7.98. The molecule has 1 aliphatic rings. The number of nitrogens with one attached hydrogen (secondary N) is 1. The van der Waals surface area contributed by atoms with E-state index in [1.54, 1.807) is 0 Å². The van der Waals surface area contributed by atoms with Crippen molar-refractivity contribution in [3.63, 3.8) is 0 Å². The molecule has 0 aromatic heterocycles. The highest BCUT2D eigenvalue weighted by atomic mass is 16.5. The van der Waals surface area contributed by atoms with Crippen LogP contribution in [-0.2, 0) is 9.47 Å². The van der Waals surface area contributed by atoms with Crippen LogP contribution in [0, 0.1) is 5.92 Å². The van der Waals surface area contributed by atoms with Crippen LogP contribution in [0.1, 0.15) is 59.8 Å². The third-order valence-electron chi connectivity index (χ3n) is 3.71. The van der Waals surface area contributed by atoms with Gasteiger partial charge >= 0.3 is 0 Å². The smallest absolute Gasteiger partial charge is 0.0707 e. The van der Waals surface area contributed by atoms with Crippen LogP contribution in [0.5, 0.6) is 0 Å². The lowest BCUT2D eigenvalue weighted by atomic mass is 10.00. The molecule has 1 saturated carbocycles. The standard InChI is InChI=1S/C16H33NO2/c1-5-10-17-15-8-6-7-14(15)9-11-18-12-13-19-16(2,3)4/h14-15,17H,5-13H2,1-4H3. The van der Waals surface area contributed by atoms with Crippen molar-refractivity contribution in [3.05, 3.63) is 0 Å². The van der Waals surface area contributed by atoms with Crippen molar-refractivity contribution in [2.45, 2.75) is 71.4 Å². The maximum absolute atomic E-state index is 5.69. The van der Waals surface area contributed by atoms with Gasteiger partial charge in [-0.3, -0.25) is 0 Å². The van der Waals surface area contributed by atoms with E-state index in [2.05, 4.69) is 33.0 Å². The first kappa shape index (κ1) is 16.9. The molecule has 0 aromatic rings. The van der Waals surface area contributed by atoms with Gasteiger partial charge in [-0.1, -0.05) is 13.3 Å². The first-order chi connectivity index (χ1) is 9.03. The van der Waals surface area contributed by atoms with Crippen LogP contribution in [0.15, 0.2) is 0 Å².